The van der Waals surface area contributed by atoms with E-state index in [0.717, 1.165) is 19.4 Å². The molecule has 0 spiro atoms. The number of hydrogen-bond acceptors (Lipinski definition) is 3. The lowest BCUT2D eigenvalue weighted by Crippen LogP contribution is -2.17. The van der Waals surface area contributed by atoms with Gasteiger partial charge >= 0.3 is 5.97 Å². The Balaban J connectivity index is 2.06. The van der Waals surface area contributed by atoms with Crippen LogP contribution in [0, 0.1) is 0 Å². The van der Waals surface area contributed by atoms with E-state index in [1.165, 1.54) is 0 Å². The number of carboxylic acid groups (broad SMARTS) is 1. The summed E-state index contributed by atoms with van der Waals surface area (Å²) < 4.78 is 16.8. The molecule has 0 bridgehead atoms. The van der Waals surface area contributed by atoms with E-state index in [2.05, 4.69) is 0 Å². The van der Waals surface area contributed by atoms with Crippen molar-refractivity contribution in [3.8, 4) is 0 Å². The minimum absolute atomic E-state index is 0.108. The van der Waals surface area contributed by atoms with Crippen LogP contribution in [0.3, 0.4) is 0 Å². The molecule has 1 aliphatic heterocycles. The Kier molecular flexibility index (Phi) is 5.11. The highest BCUT2D eigenvalue weighted by atomic mass is 32.2. The van der Waals surface area contributed by atoms with Gasteiger partial charge in [0.25, 0.3) is 0 Å². The Morgan fingerprint density at radius 2 is 2.36 bits per heavy atom. The summed E-state index contributed by atoms with van der Waals surface area (Å²) in [4.78, 5) is 10.2. The average molecular weight is 220 g/mol. The van der Waals surface area contributed by atoms with Crippen molar-refractivity contribution in [1.29, 1.82) is 0 Å². The first-order valence-electron chi connectivity index (χ1n) is 4.87. The van der Waals surface area contributed by atoms with Crippen molar-refractivity contribution in [2.24, 2.45) is 0 Å². The summed E-state index contributed by atoms with van der Waals surface area (Å²) in [5, 5.41) is 8.39. The highest BCUT2D eigenvalue weighted by Crippen LogP contribution is 2.13. The maximum atomic E-state index is 11.4. The quantitative estimate of drug-likeness (QED) is 0.718. The summed E-state index contributed by atoms with van der Waals surface area (Å²) in [6.45, 7) is 0.775. The summed E-state index contributed by atoms with van der Waals surface area (Å²) in [7, 11) is -0.915. The van der Waals surface area contributed by atoms with Crippen molar-refractivity contribution >= 4 is 16.8 Å². The number of ether oxygens (including phenoxy) is 1. The van der Waals surface area contributed by atoms with Crippen molar-refractivity contribution in [2.75, 3.05) is 18.1 Å². The molecule has 2 unspecified atom stereocenters. The first-order chi connectivity index (χ1) is 6.68. The molecular weight excluding hydrogens is 204 g/mol. The summed E-state index contributed by atoms with van der Waals surface area (Å²) in [6, 6.07) is 0. The molecule has 14 heavy (non-hydrogen) atoms. The van der Waals surface area contributed by atoms with Gasteiger partial charge in [-0.15, -0.1) is 0 Å². The van der Waals surface area contributed by atoms with E-state index in [1.807, 2.05) is 0 Å². The zero-order valence-electron chi connectivity index (χ0n) is 8.11. The Morgan fingerprint density at radius 3 is 2.93 bits per heavy atom. The largest absolute Gasteiger partial charge is 0.481 e. The molecule has 0 aromatic rings. The van der Waals surface area contributed by atoms with Crippen molar-refractivity contribution in [2.45, 2.75) is 31.8 Å². The number of rotatable bonds is 6. The summed E-state index contributed by atoms with van der Waals surface area (Å²) in [5.74, 6) is 0.227. The molecule has 0 saturated carbocycles. The van der Waals surface area contributed by atoms with Crippen LogP contribution in [0.2, 0.25) is 0 Å². The van der Waals surface area contributed by atoms with Gasteiger partial charge in [-0.05, 0) is 19.3 Å². The van der Waals surface area contributed by atoms with Gasteiger partial charge in [0.15, 0.2) is 0 Å². The van der Waals surface area contributed by atoms with E-state index in [9.17, 15) is 9.00 Å². The Labute approximate surface area is 86.1 Å². The fourth-order valence-corrected chi connectivity index (χ4v) is 2.76. The van der Waals surface area contributed by atoms with Gasteiger partial charge in [0.1, 0.15) is 0 Å². The predicted octanol–water partition coefficient (Wildman–Crippen LogP) is 0.779. The van der Waals surface area contributed by atoms with Crippen LogP contribution in [-0.4, -0.2) is 39.5 Å². The minimum Gasteiger partial charge on any atom is -0.481 e. The van der Waals surface area contributed by atoms with Gasteiger partial charge in [0.05, 0.1) is 6.10 Å². The lowest BCUT2D eigenvalue weighted by Gasteiger charge is -2.07. The lowest BCUT2D eigenvalue weighted by atomic mass is 10.3. The molecule has 5 heteroatoms. The molecule has 1 heterocycles. The van der Waals surface area contributed by atoms with E-state index >= 15 is 0 Å². The fraction of sp³-hybridized carbons (Fsp3) is 0.889. The van der Waals surface area contributed by atoms with E-state index in [4.69, 9.17) is 9.84 Å². The standard InChI is InChI=1S/C9H16O4S/c10-9(11)4-2-6-14(12)7-8-3-1-5-13-8/h8H,1-7H2,(H,10,11). The summed E-state index contributed by atoms with van der Waals surface area (Å²) >= 11 is 0. The molecule has 4 nitrogen and oxygen atoms in total. The van der Waals surface area contributed by atoms with Crippen LogP contribution in [-0.2, 0) is 20.3 Å². The smallest absolute Gasteiger partial charge is 0.303 e. The second-order valence-corrected chi connectivity index (χ2v) is 5.06. The maximum Gasteiger partial charge on any atom is 0.303 e. The second kappa shape index (κ2) is 6.14. The third kappa shape index (κ3) is 4.72. The van der Waals surface area contributed by atoms with E-state index < -0.39 is 16.8 Å². The van der Waals surface area contributed by atoms with Gasteiger partial charge in [-0.2, -0.15) is 0 Å². The van der Waals surface area contributed by atoms with Crippen molar-refractivity contribution in [3.05, 3.63) is 0 Å². The fourth-order valence-electron chi connectivity index (χ4n) is 1.45. The van der Waals surface area contributed by atoms with Gasteiger partial charge in [0.2, 0.25) is 0 Å². The van der Waals surface area contributed by atoms with E-state index in [0.29, 0.717) is 17.9 Å². The first kappa shape index (κ1) is 11.7. The monoisotopic (exact) mass is 220 g/mol. The highest BCUT2D eigenvalue weighted by Gasteiger charge is 2.18. The Hall–Kier alpha value is -0.420. The number of aliphatic carboxylic acids is 1. The zero-order valence-corrected chi connectivity index (χ0v) is 8.92. The minimum atomic E-state index is -0.915. The highest BCUT2D eigenvalue weighted by molar-refractivity contribution is 7.85. The van der Waals surface area contributed by atoms with Gasteiger partial charge in [-0.3, -0.25) is 9.00 Å². The Morgan fingerprint density at radius 1 is 1.57 bits per heavy atom. The molecule has 0 aliphatic carbocycles. The van der Waals surface area contributed by atoms with Gasteiger partial charge in [-0.25, -0.2) is 0 Å². The first-order valence-corrected chi connectivity index (χ1v) is 6.35. The SMILES string of the molecule is O=C(O)CCCS(=O)CC1CCCO1. The normalized spacial score (nSPS) is 23.6. The van der Waals surface area contributed by atoms with Crippen LogP contribution in [0.5, 0.6) is 0 Å². The van der Waals surface area contributed by atoms with Crippen LogP contribution in [0.15, 0.2) is 0 Å². The van der Waals surface area contributed by atoms with Crippen LogP contribution in [0.4, 0.5) is 0 Å². The van der Waals surface area contributed by atoms with Crippen LogP contribution < -0.4 is 0 Å². The van der Waals surface area contributed by atoms with Gasteiger partial charge in [-0.1, -0.05) is 0 Å². The predicted molar refractivity (Wildman–Crippen MR) is 53.7 cm³/mol. The topological polar surface area (TPSA) is 63.6 Å². The number of carboxylic acids is 1. The van der Waals surface area contributed by atoms with Crippen molar-refractivity contribution in [1.82, 2.24) is 0 Å². The molecule has 0 aromatic carbocycles. The van der Waals surface area contributed by atoms with Crippen LogP contribution >= 0.6 is 0 Å². The molecule has 82 valence electrons. The maximum absolute atomic E-state index is 11.4. The molecule has 1 aliphatic rings. The molecule has 1 rings (SSSR count). The van der Waals surface area contributed by atoms with Crippen molar-refractivity contribution in [3.63, 3.8) is 0 Å². The third-order valence-electron chi connectivity index (χ3n) is 2.16. The molecule has 0 amide bonds. The van der Waals surface area contributed by atoms with E-state index in [-0.39, 0.29) is 12.5 Å². The van der Waals surface area contributed by atoms with Crippen LogP contribution in [0.25, 0.3) is 0 Å². The van der Waals surface area contributed by atoms with Gasteiger partial charge < -0.3 is 9.84 Å². The average Bonchev–Trinajstić information content (AvgIpc) is 2.56. The molecular formula is C9H16O4S. The number of hydrogen-bond donors (Lipinski definition) is 1. The molecule has 0 radical (unpaired) electrons. The summed E-state index contributed by atoms with van der Waals surface area (Å²) in [5.41, 5.74) is 0. The third-order valence-corrected chi connectivity index (χ3v) is 3.65. The molecule has 0 aromatic heterocycles. The molecule has 1 fully saturated rings. The zero-order chi connectivity index (χ0) is 10.4. The summed E-state index contributed by atoms with van der Waals surface area (Å²) in [6.07, 6.45) is 2.79. The Bertz CT molecular complexity index is 211. The van der Waals surface area contributed by atoms with Crippen molar-refractivity contribution < 1.29 is 18.8 Å². The second-order valence-electron chi connectivity index (χ2n) is 3.44. The van der Waals surface area contributed by atoms with Gasteiger partial charge in [0, 0.05) is 35.3 Å². The molecule has 1 saturated heterocycles. The molecule has 1 N–H and O–H groups in total. The van der Waals surface area contributed by atoms with Crippen LogP contribution in [0.1, 0.15) is 25.7 Å². The number of carbonyl (C=O) groups is 1. The van der Waals surface area contributed by atoms with E-state index in [1.54, 1.807) is 0 Å². The lowest BCUT2D eigenvalue weighted by molar-refractivity contribution is -0.137. The molecule has 2 atom stereocenters.